The van der Waals surface area contributed by atoms with Crippen molar-refractivity contribution in [2.24, 2.45) is 0 Å². The second kappa shape index (κ2) is 6.00. The molecule has 3 N–H and O–H groups in total. The molecule has 1 rings (SSSR count). The van der Waals surface area contributed by atoms with E-state index < -0.39 is 11.6 Å². The van der Waals surface area contributed by atoms with Gasteiger partial charge < -0.3 is 15.7 Å². The van der Waals surface area contributed by atoms with Gasteiger partial charge in [0.1, 0.15) is 17.5 Å². The lowest BCUT2D eigenvalue weighted by atomic mass is 9.99. The first-order valence-corrected chi connectivity index (χ1v) is 6.41. The Morgan fingerprint density at radius 3 is 2.44 bits per heavy atom. The summed E-state index contributed by atoms with van der Waals surface area (Å²) in [6, 6.07) is 1.85. The number of nitrogens with zero attached hydrogens (tertiary/aromatic N) is 2. The predicted octanol–water partition coefficient (Wildman–Crippen LogP) is 2.04. The van der Waals surface area contributed by atoms with Gasteiger partial charge >= 0.3 is 0 Å². The Labute approximate surface area is 109 Å². The van der Waals surface area contributed by atoms with Crippen LogP contribution < -0.4 is 10.6 Å². The van der Waals surface area contributed by atoms with Crippen molar-refractivity contribution in [3.63, 3.8) is 0 Å². The summed E-state index contributed by atoms with van der Waals surface area (Å²) in [6.07, 6.45) is 1.38. The van der Waals surface area contributed by atoms with Crippen molar-refractivity contribution in [2.45, 2.75) is 52.2 Å². The number of aromatic nitrogens is 2. The van der Waals surface area contributed by atoms with Gasteiger partial charge in [-0.1, -0.05) is 6.92 Å². The van der Waals surface area contributed by atoms with E-state index in [0.29, 0.717) is 0 Å². The summed E-state index contributed by atoms with van der Waals surface area (Å²) in [5.74, 6) is 2.34. The first kappa shape index (κ1) is 14.7. The van der Waals surface area contributed by atoms with Crippen LogP contribution >= 0.6 is 0 Å². The summed E-state index contributed by atoms with van der Waals surface area (Å²) in [7, 11) is 1.83. The lowest BCUT2D eigenvalue weighted by Crippen LogP contribution is -2.42. The first-order chi connectivity index (χ1) is 8.39. The molecule has 0 spiro atoms. The Kier molecular flexibility index (Phi) is 4.90. The molecule has 1 unspecified atom stereocenters. The van der Waals surface area contributed by atoms with E-state index in [2.05, 4.69) is 27.5 Å². The van der Waals surface area contributed by atoms with Gasteiger partial charge in [0.25, 0.3) is 0 Å². The van der Waals surface area contributed by atoms with Gasteiger partial charge in [-0.2, -0.15) is 0 Å². The number of hydrogen-bond donors (Lipinski definition) is 3. The van der Waals surface area contributed by atoms with Crippen LogP contribution in [0.5, 0.6) is 0 Å². The fourth-order valence-corrected chi connectivity index (χ4v) is 1.46. The van der Waals surface area contributed by atoms with Crippen LogP contribution in [0.25, 0.3) is 0 Å². The second-order valence-electron chi connectivity index (χ2n) is 5.08. The zero-order valence-electron chi connectivity index (χ0n) is 11.9. The van der Waals surface area contributed by atoms with Crippen molar-refractivity contribution in [3.8, 4) is 0 Å². The molecule has 0 saturated carbocycles. The van der Waals surface area contributed by atoms with Gasteiger partial charge in [0.05, 0.1) is 11.6 Å². The lowest BCUT2D eigenvalue weighted by molar-refractivity contribution is 0.133. The minimum atomic E-state index is -0.472. The van der Waals surface area contributed by atoms with Crippen LogP contribution in [0.1, 0.15) is 39.9 Å². The number of hydrogen-bond acceptors (Lipinski definition) is 5. The summed E-state index contributed by atoms with van der Waals surface area (Å²) in [5, 5.41) is 16.0. The van der Waals surface area contributed by atoms with E-state index in [0.717, 1.165) is 30.3 Å². The molecular weight excluding hydrogens is 228 g/mol. The molecule has 5 nitrogen and oxygen atoms in total. The molecule has 5 heteroatoms. The molecule has 0 radical (unpaired) electrons. The van der Waals surface area contributed by atoms with E-state index in [1.165, 1.54) is 0 Å². The summed E-state index contributed by atoms with van der Waals surface area (Å²) in [4.78, 5) is 8.86. The highest BCUT2D eigenvalue weighted by molar-refractivity contribution is 5.48. The maximum absolute atomic E-state index is 9.72. The van der Waals surface area contributed by atoms with Gasteiger partial charge in [0, 0.05) is 19.5 Å². The van der Waals surface area contributed by atoms with Crippen LogP contribution in [-0.4, -0.2) is 33.8 Å². The fourth-order valence-electron chi connectivity index (χ4n) is 1.46. The third-order valence-corrected chi connectivity index (χ3v) is 3.00. The van der Waals surface area contributed by atoms with Crippen molar-refractivity contribution < 1.29 is 5.11 Å². The van der Waals surface area contributed by atoms with Gasteiger partial charge in [-0.3, -0.25) is 0 Å². The Hall–Kier alpha value is -1.36. The third-order valence-electron chi connectivity index (χ3n) is 3.00. The molecule has 1 aromatic heterocycles. The molecule has 0 aromatic carbocycles. The quantitative estimate of drug-likeness (QED) is 0.723. The first-order valence-electron chi connectivity index (χ1n) is 6.41. The minimum absolute atomic E-state index is 0.428. The third kappa shape index (κ3) is 3.84. The highest BCUT2D eigenvalue weighted by Crippen LogP contribution is 2.19. The standard InChI is InChI=1S/C13H24N4O/c1-6-7-10-15-11(14-5)8-12(16-10)17-13(3,4)9(2)18/h8-9,18H,6-7H2,1-5H3,(H2,14,15,16,17). The Bertz CT molecular complexity index is 391. The summed E-state index contributed by atoms with van der Waals surface area (Å²) < 4.78 is 0. The van der Waals surface area contributed by atoms with Crippen LogP contribution in [0.15, 0.2) is 6.07 Å². The molecule has 0 saturated heterocycles. The molecule has 102 valence electrons. The Balaban J connectivity index is 2.97. The highest BCUT2D eigenvalue weighted by Gasteiger charge is 2.24. The number of aryl methyl sites for hydroxylation is 1. The topological polar surface area (TPSA) is 70.1 Å². The molecule has 1 aromatic rings. The highest BCUT2D eigenvalue weighted by atomic mass is 16.3. The van der Waals surface area contributed by atoms with Crippen molar-refractivity contribution in [2.75, 3.05) is 17.7 Å². The average molecular weight is 252 g/mol. The second-order valence-corrected chi connectivity index (χ2v) is 5.08. The molecular formula is C13H24N4O. The van der Waals surface area contributed by atoms with Crippen LogP contribution in [0.3, 0.4) is 0 Å². The molecule has 18 heavy (non-hydrogen) atoms. The van der Waals surface area contributed by atoms with Crippen molar-refractivity contribution in [1.29, 1.82) is 0 Å². The van der Waals surface area contributed by atoms with E-state index in [9.17, 15) is 5.11 Å². The van der Waals surface area contributed by atoms with Crippen LogP contribution in [-0.2, 0) is 6.42 Å². The molecule has 0 aliphatic carbocycles. The smallest absolute Gasteiger partial charge is 0.133 e. The minimum Gasteiger partial charge on any atom is -0.391 e. The van der Waals surface area contributed by atoms with E-state index in [1.54, 1.807) is 6.92 Å². The molecule has 1 atom stereocenters. The van der Waals surface area contributed by atoms with Gasteiger partial charge in [-0.25, -0.2) is 9.97 Å². The van der Waals surface area contributed by atoms with Gasteiger partial charge in [0.2, 0.25) is 0 Å². The molecule has 0 aliphatic rings. The van der Waals surface area contributed by atoms with E-state index >= 15 is 0 Å². The van der Waals surface area contributed by atoms with Crippen LogP contribution in [0, 0.1) is 0 Å². The number of anilines is 2. The number of aliphatic hydroxyl groups is 1. The van der Waals surface area contributed by atoms with Crippen molar-refractivity contribution in [3.05, 3.63) is 11.9 Å². The Morgan fingerprint density at radius 2 is 1.94 bits per heavy atom. The van der Waals surface area contributed by atoms with Crippen molar-refractivity contribution >= 4 is 11.6 Å². The van der Waals surface area contributed by atoms with Gasteiger partial charge in [-0.15, -0.1) is 0 Å². The van der Waals surface area contributed by atoms with Crippen LogP contribution in [0.4, 0.5) is 11.6 Å². The zero-order valence-corrected chi connectivity index (χ0v) is 11.9. The normalized spacial score (nSPS) is 13.2. The molecule has 0 fully saturated rings. The fraction of sp³-hybridized carbons (Fsp3) is 0.692. The molecule has 0 bridgehead atoms. The number of rotatable bonds is 6. The summed E-state index contributed by atoms with van der Waals surface area (Å²) in [6.45, 7) is 7.75. The average Bonchev–Trinajstić information content (AvgIpc) is 2.28. The van der Waals surface area contributed by atoms with Crippen LogP contribution in [0.2, 0.25) is 0 Å². The van der Waals surface area contributed by atoms with E-state index in [-0.39, 0.29) is 0 Å². The summed E-state index contributed by atoms with van der Waals surface area (Å²) >= 11 is 0. The molecule has 0 aliphatic heterocycles. The maximum atomic E-state index is 9.72. The van der Waals surface area contributed by atoms with Gasteiger partial charge in [0.15, 0.2) is 0 Å². The largest absolute Gasteiger partial charge is 0.391 e. The molecule has 1 heterocycles. The number of nitrogens with one attached hydrogen (secondary N) is 2. The van der Waals surface area contributed by atoms with E-state index in [4.69, 9.17) is 0 Å². The van der Waals surface area contributed by atoms with Gasteiger partial charge in [-0.05, 0) is 27.2 Å². The monoisotopic (exact) mass is 252 g/mol. The summed E-state index contributed by atoms with van der Waals surface area (Å²) in [5.41, 5.74) is -0.428. The number of aliphatic hydroxyl groups excluding tert-OH is 1. The lowest BCUT2D eigenvalue weighted by Gasteiger charge is -2.30. The molecule has 0 amide bonds. The Morgan fingerprint density at radius 1 is 1.33 bits per heavy atom. The predicted molar refractivity (Wildman–Crippen MR) is 75.0 cm³/mol. The SMILES string of the molecule is CCCc1nc(NC)cc(NC(C)(C)C(C)O)n1. The zero-order chi connectivity index (χ0) is 13.8. The van der Waals surface area contributed by atoms with E-state index in [1.807, 2.05) is 27.0 Å². The maximum Gasteiger partial charge on any atom is 0.133 e. The van der Waals surface area contributed by atoms with Crippen molar-refractivity contribution in [1.82, 2.24) is 9.97 Å².